The number of amides is 3. The topological polar surface area (TPSA) is 150 Å². The summed E-state index contributed by atoms with van der Waals surface area (Å²) in [6, 6.07) is 6.06. The van der Waals surface area contributed by atoms with E-state index in [0.29, 0.717) is 24.7 Å². The third kappa shape index (κ3) is 8.86. The first-order valence-corrected chi connectivity index (χ1v) is 12.0. The molecule has 2 heterocycles. The van der Waals surface area contributed by atoms with Crippen LogP contribution in [0.1, 0.15) is 66.3 Å². The van der Waals surface area contributed by atoms with Crippen molar-refractivity contribution in [1.82, 2.24) is 15.5 Å². The summed E-state index contributed by atoms with van der Waals surface area (Å²) in [5.74, 6) is 0.978. The van der Waals surface area contributed by atoms with E-state index in [1.807, 2.05) is 43.9 Å². The van der Waals surface area contributed by atoms with Crippen molar-refractivity contribution >= 4 is 23.8 Å². The molecule has 0 unspecified atom stereocenters. The van der Waals surface area contributed by atoms with E-state index in [1.165, 1.54) is 0 Å². The second kappa shape index (κ2) is 12.4. The van der Waals surface area contributed by atoms with Crippen LogP contribution >= 0.6 is 0 Å². The van der Waals surface area contributed by atoms with Gasteiger partial charge in [-0.15, -0.1) is 0 Å². The zero-order chi connectivity index (χ0) is 27.0. The van der Waals surface area contributed by atoms with Gasteiger partial charge in [0, 0.05) is 37.2 Å². The van der Waals surface area contributed by atoms with Gasteiger partial charge in [-0.2, -0.15) is 4.98 Å². The normalized spacial score (nSPS) is 14.9. The van der Waals surface area contributed by atoms with Gasteiger partial charge < -0.3 is 29.9 Å². The van der Waals surface area contributed by atoms with E-state index < -0.39 is 17.8 Å². The van der Waals surface area contributed by atoms with Crippen LogP contribution in [0.25, 0.3) is 11.4 Å². The molecule has 3 N–H and O–H groups in total. The highest BCUT2D eigenvalue weighted by Gasteiger charge is 2.26. The fraction of sp³-hybridized carbons (Fsp3) is 0.560. The molecule has 0 saturated heterocycles. The summed E-state index contributed by atoms with van der Waals surface area (Å²) in [6.07, 6.45) is 0.943. The van der Waals surface area contributed by atoms with Gasteiger partial charge in [-0.3, -0.25) is 4.79 Å². The largest absolute Gasteiger partial charge is 0.447 e. The number of aromatic nitrogens is 2. The Hall–Kier alpha value is -3.63. The van der Waals surface area contributed by atoms with Crippen molar-refractivity contribution < 1.29 is 28.4 Å². The van der Waals surface area contributed by atoms with E-state index in [2.05, 4.69) is 32.9 Å². The van der Waals surface area contributed by atoms with Gasteiger partial charge in [-0.05, 0) is 78.1 Å². The van der Waals surface area contributed by atoms with Gasteiger partial charge >= 0.3 is 12.2 Å². The van der Waals surface area contributed by atoms with Crippen LogP contribution in [0, 0.1) is 0 Å². The van der Waals surface area contributed by atoms with E-state index in [1.54, 1.807) is 20.8 Å². The Bertz CT molecular complexity index is 1060. The Kier molecular flexibility index (Phi) is 9.83. The number of primary amides is 1. The van der Waals surface area contributed by atoms with Crippen molar-refractivity contribution in [3.05, 3.63) is 29.7 Å². The molecule has 11 heteroatoms. The smallest absolute Gasteiger partial charge is 0.407 e. The fourth-order valence-electron chi connectivity index (χ4n) is 3.66. The number of nitrogens with one attached hydrogen (secondary N) is 1. The lowest BCUT2D eigenvalue weighted by Crippen LogP contribution is -2.40. The number of fused-ring (bicyclic) bond motifs is 1. The first-order chi connectivity index (χ1) is 16.8. The quantitative estimate of drug-likeness (QED) is 0.622. The summed E-state index contributed by atoms with van der Waals surface area (Å²) in [7, 11) is 0. The summed E-state index contributed by atoms with van der Waals surface area (Å²) in [6.45, 7) is 12.9. The molecule has 198 valence electrons. The third-order valence-corrected chi connectivity index (χ3v) is 5.04. The fourth-order valence-corrected chi connectivity index (χ4v) is 3.66. The van der Waals surface area contributed by atoms with Gasteiger partial charge in [0.15, 0.2) is 0 Å². The first-order valence-electron chi connectivity index (χ1n) is 12.0. The summed E-state index contributed by atoms with van der Waals surface area (Å²) < 4.78 is 14.9. The summed E-state index contributed by atoms with van der Waals surface area (Å²) >= 11 is 0. The maximum Gasteiger partial charge on any atom is 0.407 e. The second-order valence-electron chi connectivity index (χ2n) is 9.80. The van der Waals surface area contributed by atoms with Crippen LogP contribution < -0.4 is 16.0 Å². The number of anilines is 1. The predicted octanol–water partition coefficient (Wildman–Crippen LogP) is 3.98. The van der Waals surface area contributed by atoms with Gasteiger partial charge in [-0.25, -0.2) is 9.59 Å². The Labute approximate surface area is 211 Å². The van der Waals surface area contributed by atoms with Crippen molar-refractivity contribution in [2.45, 2.75) is 85.5 Å². The van der Waals surface area contributed by atoms with Crippen LogP contribution in [-0.4, -0.2) is 52.5 Å². The number of alkyl carbamates (subject to hydrolysis) is 1. The van der Waals surface area contributed by atoms with Gasteiger partial charge in [0.05, 0.1) is 6.10 Å². The average Bonchev–Trinajstić information content (AvgIpc) is 3.20. The Morgan fingerprint density at radius 2 is 1.97 bits per heavy atom. The lowest BCUT2D eigenvalue weighted by atomic mass is 9.94. The molecule has 36 heavy (non-hydrogen) atoms. The molecule has 3 rings (SSSR count). The molecule has 0 radical (unpaired) electrons. The summed E-state index contributed by atoms with van der Waals surface area (Å²) in [5, 5.41) is 6.72. The molecule has 11 nitrogen and oxygen atoms in total. The zero-order valence-electron chi connectivity index (χ0n) is 22.1. The minimum absolute atomic E-state index is 0.0468. The molecular formula is C25H37N5O6. The third-order valence-electron chi connectivity index (χ3n) is 5.04. The van der Waals surface area contributed by atoms with E-state index in [9.17, 15) is 14.4 Å². The van der Waals surface area contributed by atoms with Gasteiger partial charge in [0.2, 0.25) is 17.6 Å². The number of carbonyl (C=O) groups is 3. The number of nitrogens with zero attached hydrogens (tertiary/aromatic N) is 3. The van der Waals surface area contributed by atoms with Crippen LogP contribution in [0.3, 0.4) is 0 Å². The molecule has 0 fully saturated rings. The van der Waals surface area contributed by atoms with Gasteiger partial charge in [0.25, 0.3) is 0 Å². The van der Waals surface area contributed by atoms with Crippen molar-refractivity contribution in [3.8, 4) is 11.4 Å². The van der Waals surface area contributed by atoms with Crippen molar-refractivity contribution in [1.29, 1.82) is 0 Å². The van der Waals surface area contributed by atoms with E-state index in [0.717, 1.165) is 29.7 Å². The molecular weight excluding hydrogens is 466 g/mol. The van der Waals surface area contributed by atoms with E-state index in [4.69, 9.17) is 9.26 Å². The van der Waals surface area contributed by atoms with Crippen LogP contribution in [0.2, 0.25) is 0 Å². The molecule has 1 atom stereocenters. The Morgan fingerprint density at radius 3 is 2.53 bits per heavy atom. The lowest BCUT2D eigenvalue weighted by Gasteiger charge is -2.34. The predicted molar refractivity (Wildman–Crippen MR) is 134 cm³/mol. The number of hydrogen-bond donors (Lipinski definition) is 2. The lowest BCUT2D eigenvalue weighted by molar-refractivity contribution is -0.117. The SMILES string of the molecule is CC(=O)N1c2ccc(-c3noc(CCNC(=O)OC(C)(C)C)n3)cc2CC[C@@H]1C.CC(C)OC(N)=O. The number of nitrogens with two attached hydrogens (primary N) is 1. The molecule has 0 spiro atoms. The van der Waals surface area contributed by atoms with E-state index in [-0.39, 0.29) is 18.1 Å². The number of ether oxygens (including phenoxy) is 2. The monoisotopic (exact) mass is 503 g/mol. The highest BCUT2D eigenvalue weighted by molar-refractivity contribution is 5.93. The number of hydrogen-bond acceptors (Lipinski definition) is 8. The zero-order valence-corrected chi connectivity index (χ0v) is 22.1. The molecule has 1 aliphatic rings. The average molecular weight is 504 g/mol. The minimum Gasteiger partial charge on any atom is -0.447 e. The van der Waals surface area contributed by atoms with Crippen LogP contribution in [0.4, 0.5) is 15.3 Å². The molecule has 0 aliphatic carbocycles. The second-order valence-corrected chi connectivity index (χ2v) is 9.80. The molecule has 0 bridgehead atoms. The number of carbonyl (C=O) groups excluding carboxylic acids is 3. The van der Waals surface area contributed by atoms with Crippen LogP contribution in [0.5, 0.6) is 0 Å². The standard InChI is InChI=1S/C21H28N4O4.C4H9NO2/c1-13-6-7-15-12-16(8-9-17(15)25(13)14(2)26)19-23-18(29-24-19)10-11-22-20(27)28-21(3,4)5;1-3(2)7-4(5)6/h8-9,12-13H,6-7,10-11H2,1-5H3,(H,22,27);3H,1-2H3,(H2,5,6)/t13-;/m0./s1. The Balaban J connectivity index is 0.000000572. The van der Waals surface area contributed by atoms with Crippen molar-refractivity contribution in [2.75, 3.05) is 11.4 Å². The number of rotatable bonds is 5. The molecule has 2 aromatic rings. The van der Waals surface area contributed by atoms with Gasteiger partial charge in [0.1, 0.15) is 5.60 Å². The molecule has 1 aliphatic heterocycles. The molecule has 3 amide bonds. The van der Waals surface area contributed by atoms with Crippen LogP contribution in [-0.2, 0) is 27.1 Å². The van der Waals surface area contributed by atoms with Crippen molar-refractivity contribution in [2.24, 2.45) is 5.73 Å². The summed E-state index contributed by atoms with van der Waals surface area (Å²) in [5.41, 5.74) is 6.99. The maximum absolute atomic E-state index is 12.0. The molecule has 1 aromatic carbocycles. The molecule has 1 aromatic heterocycles. The van der Waals surface area contributed by atoms with Crippen molar-refractivity contribution in [3.63, 3.8) is 0 Å². The Morgan fingerprint density at radius 1 is 1.28 bits per heavy atom. The first kappa shape index (κ1) is 28.6. The summed E-state index contributed by atoms with van der Waals surface area (Å²) in [4.78, 5) is 39.8. The highest BCUT2D eigenvalue weighted by Crippen LogP contribution is 2.33. The highest BCUT2D eigenvalue weighted by atomic mass is 16.6. The van der Waals surface area contributed by atoms with E-state index >= 15 is 0 Å². The van der Waals surface area contributed by atoms with Crippen LogP contribution in [0.15, 0.2) is 22.7 Å². The minimum atomic E-state index is -0.713. The van der Waals surface area contributed by atoms with Gasteiger partial charge in [-0.1, -0.05) is 5.16 Å². The number of aryl methyl sites for hydroxylation is 1. The number of benzene rings is 1. The molecule has 0 saturated carbocycles. The maximum atomic E-state index is 12.0.